The van der Waals surface area contributed by atoms with Crippen LogP contribution in [0, 0.1) is 0 Å². The average molecular weight is 251 g/mol. The highest BCUT2D eigenvalue weighted by atomic mass is 32.2. The monoisotopic (exact) mass is 251 g/mol. The van der Waals surface area contributed by atoms with Crippen LogP contribution in [-0.4, -0.2) is 45.2 Å². The van der Waals surface area contributed by atoms with Crippen molar-refractivity contribution in [1.29, 1.82) is 0 Å². The quantitative estimate of drug-likeness (QED) is 0.606. The summed E-state index contributed by atoms with van der Waals surface area (Å²) < 4.78 is 25.4. The number of carbonyl (C=O) groups excluding carboxylic acids is 1. The predicted octanol–water partition coefficient (Wildman–Crippen LogP) is -0.531. The summed E-state index contributed by atoms with van der Waals surface area (Å²) in [4.78, 5) is 12.6. The minimum Gasteiger partial charge on any atom is -0.368 e. The van der Waals surface area contributed by atoms with Crippen molar-refractivity contribution in [3.63, 3.8) is 0 Å². The number of amides is 1. The summed E-state index contributed by atoms with van der Waals surface area (Å²) in [6, 6.07) is -0.801. The normalized spacial score (nSPS) is 14.0. The van der Waals surface area contributed by atoms with E-state index in [-0.39, 0.29) is 5.88 Å². The van der Waals surface area contributed by atoms with Crippen LogP contribution in [0.2, 0.25) is 0 Å². The van der Waals surface area contributed by atoms with Gasteiger partial charge in [0.15, 0.2) is 0 Å². The Morgan fingerprint density at radius 3 is 2.38 bits per heavy atom. The second kappa shape index (κ2) is 6.82. The summed E-state index contributed by atoms with van der Waals surface area (Å²) >= 11 is 0. The molecule has 0 saturated heterocycles. The lowest BCUT2D eigenvalue weighted by atomic mass is 10.1. The lowest BCUT2D eigenvalue weighted by Gasteiger charge is -2.17. The Balaban J connectivity index is 4.44. The van der Waals surface area contributed by atoms with E-state index in [4.69, 9.17) is 5.73 Å². The Morgan fingerprint density at radius 1 is 1.44 bits per heavy atom. The maximum atomic E-state index is 11.6. The highest BCUT2D eigenvalue weighted by molar-refractivity contribution is 7.89. The zero-order chi connectivity index (χ0) is 12.8. The number of nitrogens with two attached hydrogens (primary N) is 1. The second-order valence-corrected chi connectivity index (χ2v) is 5.76. The smallest absolute Gasteiger partial charge is 0.235 e. The molecule has 0 heterocycles. The molecule has 0 aliphatic carbocycles. The third-order valence-electron chi connectivity index (χ3n) is 1.94. The molecular formula is C9H21N3O3S. The first-order valence-corrected chi connectivity index (χ1v) is 6.87. The Kier molecular flexibility index (Phi) is 6.54. The van der Waals surface area contributed by atoms with Gasteiger partial charge in [-0.25, -0.2) is 13.1 Å². The van der Waals surface area contributed by atoms with Crippen LogP contribution in [0.15, 0.2) is 0 Å². The van der Waals surface area contributed by atoms with E-state index >= 15 is 0 Å². The van der Waals surface area contributed by atoms with E-state index < -0.39 is 22.0 Å². The minimum atomic E-state index is -3.48. The largest absolute Gasteiger partial charge is 0.368 e. The van der Waals surface area contributed by atoms with E-state index in [2.05, 4.69) is 4.72 Å². The fourth-order valence-electron chi connectivity index (χ4n) is 1.26. The number of nitrogens with one attached hydrogen (secondary N) is 1. The number of nitrogens with zero attached hydrogens (tertiary/aromatic N) is 1. The first-order valence-electron chi connectivity index (χ1n) is 5.22. The van der Waals surface area contributed by atoms with Gasteiger partial charge in [-0.05, 0) is 20.5 Å². The Bertz CT molecular complexity index is 314. The van der Waals surface area contributed by atoms with Gasteiger partial charge in [0.1, 0.15) is 11.9 Å². The summed E-state index contributed by atoms with van der Waals surface area (Å²) in [5.74, 6) is -0.779. The number of hydrogen-bond acceptors (Lipinski definition) is 4. The van der Waals surface area contributed by atoms with Crippen molar-refractivity contribution in [2.75, 3.05) is 20.0 Å². The van der Waals surface area contributed by atoms with E-state index in [1.54, 1.807) is 14.1 Å². The number of carbonyl (C=O) groups is 1. The molecule has 0 aromatic heterocycles. The van der Waals surface area contributed by atoms with Gasteiger partial charge in [-0.1, -0.05) is 19.8 Å². The number of hydrogen-bond donors (Lipinski definition) is 2. The molecule has 0 aliphatic rings. The zero-order valence-corrected chi connectivity index (χ0v) is 10.9. The molecular weight excluding hydrogens is 230 g/mol. The molecule has 0 fully saturated rings. The molecule has 0 bridgehead atoms. The van der Waals surface area contributed by atoms with Crippen molar-refractivity contribution < 1.29 is 13.2 Å². The predicted molar refractivity (Wildman–Crippen MR) is 63.1 cm³/mol. The molecule has 1 amide bonds. The highest BCUT2D eigenvalue weighted by Crippen LogP contribution is 2.02. The van der Waals surface area contributed by atoms with Crippen LogP contribution in [0.3, 0.4) is 0 Å². The second-order valence-electron chi connectivity index (χ2n) is 4.04. The molecule has 1 atom stereocenters. The standard InChI is InChI=1S/C9H21N3O3S/c1-4-5-6-8(9(10)13)11-16(14,15)7-12(2)3/h8,11H,4-7H2,1-3H3,(H2,10,13). The third-order valence-corrected chi connectivity index (χ3v) is 3.44. The molecule has 0 aromatic carbocycles. The Hall–Kier alpha value is -0.660. The van der Waals surface area contributed by atoms with E-state index in [1.165, 1.54) is 4.90 Å². The Morgan fingerprint density at radius 2 is 2.00 bits per heavy atom. The maximum Gasteiger partial charge on any atom is 0.235 e. The maximum absolute atomic E-state index is 11.6. The molecule has 0 aliphatic heterocycles. The SMILES string of the molecule is CCCCC(NS(=O)(=O)CN(C)C)C(N)=O. The van der Waals surface area contributed by atoms with Gasteiger partial charge in [0.25, 0.3) is 0 Å². The van der Waals surface area contributed by atoms with E-state index in [0.29, 0.717) is 6.42 Å². The number of rotatable bonds is 8. The van der Waals surface area contributed by atoms with Crippen LogP contribution in [0.25, 0.3) is 0 Å². The fraction of sp³-hybridized carbons (Fsp3) is 0.889. The van der Waals surface area contributed by atoms with Crippen LogP contribution in [-0.2, 0) is 14.8 Å². The Labute approximate surface area is 97.2 Å². The van der Waals surface area contributed by atoms with Gasteiger partial charge in [-0.2, -0.15) is 0 Å². The lowest BCUT2D eigenvalue weighted by molar-refractivity contribution is -0.119. The molecule has 0 spiro atoms. The van der Waals surface area contributed by atoms with Crippen molar-refractivity contribution in [3.8, 4) is 0 Å². The minimum absolute atomic E-state index is 0.150. The molecule has 0 rings (SSSR count). The van der Waals surface area contributed by atoms with Gasteiger partial charge in [-0.15, -0.1) is 0 Å². The number of primary amides is 1. The molecule has 96 valence electrons. The first kappa shape index (κ1) is 15.3. The molecule has 6 nitrogen and oxygen atoms in total. The third kappa shape index (κ3) is 6.76. The zero-order valence-electron chi connectivity index (χ0n) is 10.1. The molecule has 0 aromatic rings. The summed E-state index contributed by atoms with van der Waals surface area (Å²) in [5, 5.41) is 0. The van der Waals surface area contributed by atoms with Crippen LogP contribution in [0.1, 0.15) is 26.2 Å². The van der Waals surface area contributed by atoms with Crippen LogP contribution >= 0.6 is 0 Å². The van der Waals surface area contributed by atoms with Gasteiger partial charge < -0.3 is 5.73 Å². The molecule has 1 unspecified atom stereocenters. The van der Waals surface area contributed by atoms with Gasteiger partial charge >= 0.3 is 0 Å². The van der Waals surface area contributed by atoms with E-state index in [9.17, 15) is 13.2 Å². The van der Waals surface area contributed by atoms with Gasteiger partial charge in [-0.3, -0.25) is 9.69 Å². The fourth-order valence-corrected chi connectivity index (χ4v) is 2.68. The van der Waals surface area contributed by atoms with Crippen molar-refractivity contribution >= 4 is 15.9 Å². The van der Waals surface area contributed by atoms with Crippen molar-refractivity contribution in [3.05, 3.63) is 0 Å². The summed E-state index contributed by atoms with van der Waals surface area (Å²) in [6.07, 6.45) is 2.09. The molecule has 7 heteroatoms. The van der Waals surface area contributed by atoms with Crippen LogP contribution < -0.4 is 10.5 Å². The topological polar surface area (TPSA) is 92.5 Å². The van der Waals surface area contributed by atoms with E-state index in [0.717, 1.165) is 12.8 Å². The number of unbranched alkanes of at least 4 members (excludes halogenated alkanes) is 1. The van der Waals surface area contributed by atoms with Gasteiger partial charge in [0, 0.05) is 0 Å². The van der Waals surface area contributed by atoms with E-state index in [1.807, 2.05) is 6.92 Å². The summed E-state index contributed by atoms with van der Waals surface area (Å²) in [5.41, 5.74) is 5.14. The van der Waals surface area contributed by atoms with Gasteiger partial charge in [0.05, 0.1) is 0 Å². The lowest BCUT2D eigenvalue weighted by Crippen LogP contribution is -2.46. The first-order chi connectivity index (χ1) is 7.28. The molecule has 16 heavy (non-hydrogen) atoms. The van der Waals surface area contributed by atoms with Gasteiger partial charge in [0.2, 0.25) is 15.9 Å². The van der Waals surface area contributed by atoms with Crippen molar-refractivity contribution in [2.24, 2.45) is 5.73 Å². The highest BCUT2D eigenvalue weighted by Gasteiger charge is 2.22. The summed E-state index contributed by atoms with van der Waals surface area (Å²) in [6.45, 7) is 1.96. The molecule has 0 saturated carbocycles. The van der Waals surface area contributed by atoms with Crippen LogP contribution in [0.4, 0.5) is 0 Å². The summed E-state index contributed by atoms with van der Waals surface area (Å²) in [7, 11) is -0.194. The molecule has 0 radical (unpaired) electrons. The van der Waals surface area contributed by atoms with Crippen molar-refractivity contribution in [2.45, 2.75) is 32.2 Å². The number of sulfonamides is 1. The average Bonchev–Trinajstić information content (AvgIpc) is 2.09. The molecule has 3 N–H and O–H groups in total. The van der Waals surface area contributed by atoms with Crippen molar-refractivity contribution in [1.82, 2.24) is 9.62 Å². The van der Waals surface area contributed by atoms with Crippen LogP contribution in [0.5, 0.6) is 0 Å².